The molecule has 102 valence electrons. The van der Waals surface area contributed by atoms with E-state index in [4.69, 9.17) is 4.74 Å². The third-order valence-electron chi connectivity index (χ3n) is 3.07. The SMILES string of the molecule is O=C(OCc1ccccc1)N1CCCC1(I)C(=O)O. The number of halogens is 1. The van der Waals surface area contributed by atoms with Crippen LogP contribution < -0.4 is 0 Å². The highest BCUT2D eigenvalue weighted by Crippen LogP contribution is 2.36. The molecule has 0 radical (unpaired) electrons. The quantitative estimate of drug-likeness (QED) is 0.501. The van der Waals surface area contributed by atoms with Gasteiger partial charge in [-0.25, -0.2) is 9.59 Å². The predicted molar refractivity (Wildman–Crippen MR) is 77.0 cm³/mol. The van der Waals surface area contributed by atoms with Crippen LogP contribution in [-0.4, -0.2) is 32.2 Å². The second-order valence-electron chi connectivity index (χ2n) is 4.36. The van der Waals surface area contributed by atoms with E-state index in [2.05, 4.69) is 0 Å². The number of amides is 1. The van der Waals surface area contributed by atoms with Crippen molar-refractivity contribution < 1.29 is 19.4 Å². The minimum absolute atomic E-state index is 0.155. The second kappa shape index (κ2) is 5.77. The largest absolute Gasteiger partial charge is 0.479 e. The first-order valence-electron chi connectivity index (χ1n) is 5.94. The number of carboxylic acids is 1. The summed E-state index contributed by atoms with van der Waals surface area (Å²) in [5, 5.41) is 9.22. The molecular weight excluding hydrogens is 361 g/mol. The van der Waals surface area contributed by atoms with Crippen LogP contribution in [0.25, 0.3) is 0 Å². The van der Waals surface area contributed by atoms with Crippen LogP contribution in [0.1, 0.15) is 18.4 Å². The molecule has 1 aliphatic rings. The summed E-state index contributed by atoms with van der Waals surface area (Å²) in [4.78, 5) is 24.5. The number of benzene rings is 1. The van der Waals surface area contributed by atoms with E-state index in [0.717, 1.165) is 5.56 Å². The van der Waals surface area contributed by atoms with E-state index in [0.29, 0.717) is 19.4 Å². The van der Waals surface area contributed by atoms with Crippen molar-refractivity contribution in [2.24, 2.45) is 0 Å². The van der Waals surface area contributed by atoms with Crippen molar-refractivity contribution >= 4 is 34.7 Å². The summed E-state index contributed by atoms with van der Waals surface area (Å²) in [6.07, 6.45) is 0.553. The van der Waals surface area contributed by atoms with Crippen LogP contribution in [0.15, 0.2) is 30.3 Å². The number of hydrogen-bond acceptors (Lipinski definition) is 3. The second-order valence-corrected chi connectivity index (χ2v) is 6.14. The molecule has 1 atom stereocenters. The molecule has 1 aromatic carbocycles. The number of aliphatic carboxylic acids is 1. The molecule has 0 bridgehead atoms. The van der Waals surface area contributed by atoms with Crippen molar-refractivity contribution in [3.05, 3.63) is 35.9 Å². The number of ether oxygens (including phenoxy) is 1. The fourth-order valence-electron chi connectivity index (χ4n) is 2.04. The van der Waals surface area contributed by atoms with Crippen LogP contribution >= 0.6 is 22.6 Å². The first kappa shape index (κ1) is 14.1. The lowest BCUT2D eigenvalue weighted by Crippen LogP contribution is -2.48. The minimum atomic E-state index is -1.18. The summed E-state index contributed by atoms with van der Waals surface area (Å²) < 4.78 is 4.00. The van der Waals surface area contributed by atoms with Gasteiger partial charge in [0.25, 0.3) is 0 Å². The smallest absolute Gasteiger partial charge is 0.411 e. The van der Waals surface area contributed by atoms with Gasteiger partial charge in [-0.1, -0.05) is 30.3 Å². The molecular formula is C13H14INO4. The zero-order valence-corrected chi connectivity index (χ0v) is 12.4. The summed E-state index contributed by atoms with van der Waals surface area (Å²) in [5.74, 6) is -0.998. The highest BCUT2D eigenvalue weighted by atomic mass is 127. The molecule has 1 saturated heterocycles. The van der Waals surface area contributed by atoms with E-state index in [-0.39, 0.29) is 6.61 Å². The Hall–Kier alpha value is -1.31. The molecule has 1 heterocycles. The van der Waals surface area contributed by atoms with Crippen LogP contribution in [0.3, 0.4) is 0 Å². The third-order valence-corrected chi connectivity index (χ3v) is 4.65. The fraction of sp³-hybridized carbons (Fsp3) is 0.385. The lowest BCUT2D eigenvalue weighted by atomic mass is 10.2. The predicted octanol–water partition coefficient (Wildman–Crippen LogP) is 2.63. The van der Waals surface area contributed by atoms with E-state index in [1.54, 1.807) is 0 Å². The van der Waals surface area contributed by atoms with Gasteiger partial charge in [0.15, 0.2) is 3.55 Å². The lowest BCUT2D eigenvalue weighted by Gasteiger charge is -2.28. The normalized spacial score (nSPS) is 22.3. The Labute approximate surface area is 124 Å². The minimum Gasteiger partial charge on any atom is -0.479 e. The molecule has 1 fully saturated rings. The van der Waals surface area contributed by atoms with Crippen molar-refractivity contribution in [2.45, 2.75) is 23.0 Å². The zero-order valence-electron chi connectivity index (χ0n) is 10.2. The average molecular weight is 375 g/mol. The number of alkyl halides is 1. The summed E-state index contributed by atoms with van der Waals surface area (Å²) in [7, 11) is 0. The Morgan fingerprint density at radius 3 is 2.68 bits per heavy atom. The van der Waals surface area contributed by atoms with Gasteiger partial charge >= 0.3 is 12.1 Å². The van der Waals surface area contributed by atoms with E-state index in [1.807, 2.05) is 52.9 Å². The number of carboxylic acid groups (broad SMARTS) is 1. The van der Waals surface area contributed by atoms with Crippen LogP contribution in [0.4, 0.5) is 4.79 Å². The molecule has 1 aliphatic heterocycles. The molecule has 5 nitrogen and oxygen atoms in total. The van der Waals surface area contributed by atoms with E-state index in [9.17, 15) is 14.7 Å². The molecule has 1 amide bonds. The summed E-state index contributed by atoms with van der Waals surface area (Å²) >= 11 is 1.81. The van der Waals surface area contributed by atoms with Crippen molar-refractivity contribution in [2.75, 3.05) is 6.54 Å². The summed E-state index contributed by atoms with van der Waals surface area (Å²) in [6, 6.07) is 9.31. The number of likely N-dealkylation sites (tertiary alicyclic amines) is 1. The lowest BCUT2D eigenvalue weighted by molar-refractivity contribution is -0.142. The monoisotopic (exact) mass is 375 g/mol. The summed E-state index contributed by atoms with van der Waals surface area (Å²) in [5.41, 5.74) is 0.879. The zero-order chi connectivity index (χ0) is 13.9. The standard InChI is InChI=1S/C13H14INO4/c14-13(11(16)17)7-4-8-15(13)12(18)19-9-10-5-2-1-3-6-10/h1-3,5-6H,4,7-9H2,(H,16,17). The highest BCUT2D eigenvalue weighted by molar-refractivity contribution is 14.1. The first-order chi connectivity index (χ1) is 9.04. The van der Waals surface area contributed by atoms with Gasteiger partial charge in [-0.2, -0.15) is 0 Å². The molecule has 0 spiro atoms. The molecule has 19 heavy (non-hydrogen) atoms. The van der Waals surface area contributed by atoms with Crippen molar-refractivity contribution in [3.63, 3.8) is 0 Å². The molecule has 0 saturated carbocycles. The van der Waals surface area contributed by atoms with Crippen LogP contribution in [0.5, 0.6) is 0 Å². The van der Waals surface area contributed by atoms with E-state index in [1.165, 1.54) is 4.90 Å². The average Bonchev–Trinajstić information content (AvgIpc) is 2.81. The molecule has 0 aliphatic carbocycles. The van der Waals surface area contributed by atoms with Crippen molar-refractivity contribution in [1.29, 1.82) is 0 Å². The molecule has 2 rings (SSSR count). The van der Waals surface area contributed by atoms with Gasteiger partial charge in [0.1, 0.15) is 6.61 Å². The summed E-state index contributed by atoms with van der Waals surface area (Å²) in [6.45, 7) is 0.575. The van der Waals surface area contributed by atoms with E-state index >= 15 is 0 Å². The number of rotatable bonds is 3. The van der Waals surface area contributed by atoms with Crippen molar-refractivity contribution in [1.82, 2.24) is 4.90 Å². The maximum absolute atomic E-state index is 12.0. The van der Waals surface area contributed by atoms with Crippen LogP contribution in [-0.2, 0) is 16.1 Å². The molecule has 0 aromatic heterocycles. The Balaban J connectivity index is 1.98. The maximum atomic E-state index is 12.0. The number of nitrogens with zero attached hydrogens (tertiary/aromatic N) is 1. The van der Waals surface area contributed by atoms with Gasteiger partial charge in [0.05, 0.1) is 0 Å². The van der Waals surface area contributed by atoms with Gasteiger partial charge in [0.2, 0.25) is 0 Å². The Bertz CT molecular complexity index is 479. The molecule has 6 heteroatoms. The van der Waals surface area contributed by atoms with E-state index < -0.39 is 15.6 Å². The Kier molecular flexibility index (Phi) is 4.28. The topological polar surface area (TPSA) is 66.8 Å². The molecule has 1 unspecified atom stereocenters. The van der Waals surface area contributed by atoms with Gasteiger partial charge in [-0.05, 0) is 41.0 Å². The number of carbonyl (C=O) groups excluding carboxylic acids is 1. The molecule has 1 aromatic rings. The maximum Gasteiger partial charge on any atom is 0.411 e. The Morgan fingerprint density at radius 1 is 1.37 bits per heavy atom. The first-order valence-corrected chi connectivity index (χ1v) is 7.02. The number of carbonyl (C=O) groups is 2. The van der Waals surface area contributed by atoms with Crippen LogP contribution in [0.2, 0.25) is 0 Å². The van der Waals surface area contributed by atoms with Crippen LogP contribution in [0, 0.1) is 0 Å². The molecule has 1 N–H and O–H groups in total. The Morgan fingerprint density at radius 2 is 2.05 bits per heavy atom. The third kappa shape index (κ3) is 2.99. The van der Waals surface area contributed by atoms with Gasteiger partial charge in [0, 0.05) is 6.54 Å². The van der Waals surface area contributed by atoms with Crippen molar-refractivity contribution in [3.8, 4) is 0 Å². The highest BCUT2D eigenvalue weighted by Gasteiger charge is 2.48. The number of hydrogen-bond donors (Lipinski definition) is 1. The van der Waals surface area contributed by atoms with Gasteiger partial charge < -0.3 is 9.84 Å². The fourth-order valence-corrected chi connectivity index (χ4v) is 2.86. The van der Waals surface area contributed by atoms with Gasteiger partial charge in [-0.3, -0.25) is 4.90 Å². The van der Waals surface area contributed by atoms with Gasteiger partial charge in [-0.15, -0.1) is 0 Å².